The smallest absolute Gasteiger partial charge is 0.472 e. The van der Waals surface area contributed by atoms with E-state index in [4.69, 9.17) is 24.8 Å². The third-order valence-electron chi connectivity index (χ3n) is 6.70. The van der Waals surface area contributed by atoms with Crippen LogP contribution in [-0.4, -0.2) is 59.9 Å². The van der Waals surface area contributed by atoms with Crippen LogP contribution >= 0.6 is 7.82 Å². The van der Waals surface area contributed by atoms with Crippen molar-refractivity contribution in [3.63, 3.8) is 0 Å². The molecule has 0 aromatic heterocycles. The molecule has 0 rings (SSSR count). The predicted molar refractivity (Wildman–Crippen MR) is 194 cm³/mol. The third kappa shape index (κ3) is 31.9. The lowest BCUT2D eigenvalue weighted by molar-refractivity contribution is -0.160. The maximum absolute atomic E-state index is 12.5. The van der Waals surface area contributed by atoms with Gasteiger partial charge in [-0.05, 0) is 57.8 Å². The Morgan fingerprint density at radius 3 is 1.80 bits per heavy atom. The first kappa shape index (κ1) is 45.9. The van der Waals surface area contributed by atoms with Gasteiger partial charge < -0.3 is 25.2 Å². The molecule has 11 nitrogen and oxygen atoms in total. The Morgan fingerprint density at radius 2 is 1.20 bits per heavy atom. The first-order chi connectivity index (χ1) is 23.6. The highest BCUT2D eigenvalue weighted by molar-refractivity contribution is 7.47. The van der Waals surface area contributed by atoms with Gasteiger partial charge in [0.25, 0.3) is 0 Å². The van der Waals surface area contributed by atoms with Crippen LogP contribution in [0.2, 0.25) is 0 Å². The Labute approximate surface area is 293 Å². The molecule has 4 N–H and O–H groups in total. The lowest BCUT2D eigenvalue weighted by atomic mass is 10.1. The molecule has 0 aliphatic rings. The zero-order valence-electron chi connectivity index (χ0n) is 29.5. The molecule has 0 radical (unpaired) electrons. The van der Waals surface area contributed by atoms with Crippen LogP contribution in [0.4, 0.5) is 0 Å². The van der Waals surface area contributed by atoms with Crippen LogP contribution in [-0.2, 0) is 37.5 Å². The summed E-state index contributed by atoms with van der Waals surface area (Å²) in [7, 11) is -4.74. The third-order valence-corrected chi connectivity index (χ3v) is 7.65. The summed E-state index contributed by atoms with van der Waals surface area (Å²) in [5, 5.41) is 8.83. The molecule has 0 aliphatic heterocycles. The summed E-state index contributed by atoms with van der Waals surface area (Å²) in [6.45, 7) is 2.46. The second kappa shape index (κ2) is 32.1. The number of allylic oxidation sites excluding steroid dienone is 11. The van der Waals surface area contributed by atoms with Gasteiger partial charge in [0.1, 0.15) is 12.6 Å². The Kier molecular flexibility index (Phi) is 30.1. The molecule has 278 valence electrons. The average molecular weight is 710 g/mol. The van der Waals surface area contributed by atoms with Gasteiger partial charge in [0.15, 0.2) is 6.10 Å². The van der Waals surface area contributed by atoms with Crippen LogP contribution in [0.25, 0.3) is 0 Å². The molecule has 0 aliphatic carbocycles. The van der Waals surface area contributed by atoms with Gasteiger partial charge in [-0.25, -0.2) is 4.57 Å². The number of esters is 2. The van der Waals surface area contributed by atoms with Crippen LogP contribution in [0.15, 0.2) is 72.9 Å². The molecular weight excluding hydrogens is 649 g/mol. The second-order valence-corrected chi connectivity index (χ2v) is 12.7. The quantitative estimate of drug-likeness (QED) is 0.0274. The maximum atomic E-state index is 12.5. The molecule has 12 heteroatoms. The minimum atomic E-state index is -4.74. The number of hydrogen-bond donors (Lipinski definition) is 3. The van der Waals surface area contributed by atoms with E-state index in [-0.39, 0.29) is 12.8 Å². The van der Waals surface area contributed by atoms with E-state index in [1.807, 2.05) is 18.2 Å². The highest BCUT2D eigenvalue weighted by Gasteiger charge is 2.28. The fraction of sp³-hybridized carbons (Fsp3) is 0.595. The summed E-state index contributed by atoms with van der Waals surface area (Å²) < 4.78 is 32.3. The summed E-state index contributed by atoms with van der Waals surface area (Å²) in [6.07, 6.45) is 35.9. The van der Waals surface area contributed by atoms with E-state index >= 15 is 0 Å². The molecule has 0 fully saturated rings. The lowest BCUT2D eigenvalue weighted by Gasteiger charge is -2.20. The van der Waals surface area contributed by atoms with Crippen LogP contribution in [0.3, 0.4) is 0 Å². The number of phosphoric ester groups is 1. The zero-order valence-corrected chi connectivity index (χ0v) is 30.4. The van der Waals surface area contributed by atoms with E-state index in [2.05, 4.69) is 67.0 Å². The summed E-state index contributed by atoms with van der Waals surface area (Å²) >= 11 is 0. The largest absolute Gasteiger partial charge is 0.480 e. The Morgan fingerprint density at radius 1 is 0.673 bits per heavy atom. The van der Waals surface area contributed by atoms with Crippen molar-refractivity contribution in [2.24, 2.45) is 5.73 Å². The molecule has 0 saturated carbocycles. The van der Waals surface area contributed by atoms with Gasteiger partial charge in [-0.2, -0.15) is 0 Å². The number of carboxylic acid groups (broad SMARTS) is 1. The van der Waals surface area contributed by atoms with E-state index in [0.29, 0.717) is 12.8 Å². The van der Waals surface area contributed by atoms with Gasteiger partial charge in [-0.3, -0.25) is 23.4 Å². The topological polar surface area (TPSA) is 172 Å². The van der Waals surface area contributed by atoms with E-state index < -0.39 is 57.7 Å². The minimum Gasteiger partial charge on any atom is -0.480 e. The Balaban J connectivity index is 4.68. The van der Waals surface area contributed by atoms with Gasteiger partial charge >= 0.3 is 25.7 Å². The van der Waals surface area contributed by atoms with Gasteiger partial charge in [-0.15, -0.1) is 0 Å². The number of nitrogens with two attached hydrogens (primary N) is 1. The van der Waals surface area contributed by atoms with Crippen LogP contribution < -0.4 is 5.73 Å². The van der Waals surface area contributed by atoms with Crippen molar-refractivity contribution in [3.05, 3.63) is 72.9 Å². The minimum absolute atomic E-state index is 0.0763. The van der Waals surface area contributed by atoms with Crippen molar-refractivity contribution < 1.29 is 47.5 Å². The number of carbonyl (C=O) groups is 3. The molecule has 0 spiro atoms. The monoisotopic (exact) mass is 709 g/mol. The first-order valence-corrected chi connectivity index (χ1v) is 19.0. The zero-order chi connectivity index (χ0) is 36.4. The summed E-state index contributed by atoms with van der Waals surface area (Å²) in [5.41, 5.74) is 5.29. The number of ether oxygens (including phenoxy) is 2. The van der Waals surface area contributed by atoms with Gasteiger partial charge in [0.05, 0.1) is 19.6 Å². The molecule has 3 unspecified atom stereocenters. The second-order valence-electron chi connectivity index (χ2n) is 11.3. The maximum Gasteiger partial charge on any atom is 0.472 e. The molecule has 0 heterocycles. The molecule has 0 bridgehead atoms. The normalized spacial score (nSPS) is 14.9. The summed E-state index contributed by atoms with van der Waals surface area (Å²) in [6, 6.07) is -1.54. The van der Waals surface area contributed by atoms with E-state index in [0.717, 1.165) is 70.6 Å². The van der Waals surface area contributed by atoms with Crippen molar-refractivity contribution in [3.8, 4) is 0 Å². The van der Waals surface area contributed by atoms with Crippen molar-refractivity contribution in [2.75, 3.05) is 19.8 Å². The van der Waals surface area contributed by atoms with Crippen molar-refractivity contribution >= 4 is 25.7 Å². The number of phosphoric acid groups is 1. The molecule has 49 heavy (non-hydrogen) atoms. The fourth-order valence-corrected chi connectivity index (χ4v) is 4.74. The number of rotatable bonds is 31. The van der Waals surface area contributed by atoms with E-state index in [1.54, 1.807) is 6.08 Å². The van der Waals surface area contributed by atoms with Crippen LogP contribution in [0, 0.1) is 0 Å². The van der Waals surface area contributed by atoms with Crippen LogP contribution in [0.5, 0.6) is 0 Å². The Bertz CT molecular complexity index is 1110. The summed E-state index contributed by atoms with van der Waals surface area (Å²) in [5.74, 6) is -2.57. The highest BCUT2D eigenvalue weighted by atomic mass is 31.2. The highest BCUT2D eigenvalue weighted by Crippen LogP contribution is 2.43. The van der Waals surface area contributed by atoms with Gasteiger partial charge in [0.2, 0.25) is 0 Å². The molecular formula is C37H60NO10P. The Hall–Kier alpha value is -3.08. The first-order valence-electron chi connectivity index (χ1n) is 17.5. The predicted octanol–water partition coefficient (Wildman–Crippen LogP) is 8.22. The molecule has 0 amide bonds. The molecule has 0 aromatic rings. The SMILES string of the molecule is CC/C=C\C/C=C\C/C=C\C/C=C\C/C=C\CC(=O)OC(COC(=O)CCCCCCC/C=C\CCC)COP(=O)(O)OCC(N)C(=O)O. The van der Waals surface area contributed by atoms with Crippen molar-refractivity contribution in [1.29, 1.82) is 0 Å². The number of carbonyl (C=O) groups excluding carboxylic acids is 2. The van der Waals surface area contributed by atoms with Gasteiger partial charge in [-0.1, -0.05) is 112 Å². The molecule has 0 saturated heterocycles. The van der Waals surface area contributed by atoms with E-state index in [1.165, 1.54) is 0 Å². The van der Waals surface area contributed by atoms with Gasteiger partial charge in [0, 0.05) is 6.42 Å². The lowest BCUT2D eigenvalue weighted by Crippen LogP contribution is -2.34. The molecule has 0 aromatic carbocycles. The molecule has 3 atom stereocenters. The fourth-order valence-electron chi connectivity index (χ4n) is 3.96. The van der Waals surface area contributed by atoms with Crippen LogP contribution in [0.1, 0.15) is 110 Å². The number of carboxylic acids is 1. The van der Waals surface area contributed by atoms with E-state index in [9.17, 15) is 23.8 Å². The average Bonchev–Trinajstić information content (AvgIpc) is 3.07. The standard InChI is InChI=1S/C37H60NO10P/c1-3-5-7-9-11-13-15-16-17-18-19-21-23-25-27-29-36(40)48-33(31-46-49(43,44)47-32-34(38)37(41)42)30-45-35(39)28-26-24-22-20-14-12-10-8-6-4-2/h5,7-8,10-11,13,16-17,19,21,25,27,33-34H,3-4,6,9,12,14-15,18,20,22-24,26,28-32,38H2,1-2H3,(H,41,42)(H,43,44)/b7-5-,10-8-,13-11-,17-16-,21-19-,27-25-. The number of hydrogen-bond acceptors (Lipinski definition) is 9. The number of aliphatic carboxylic acids is 1. The van der Waals surface area contributed by atoms with Crippen molar-refractivity contribution in [1.82, 2.24) is 0 Å². The summed E-state index contributed by atoms with van der Waals surface area (Å²) in [4.78, 5) is 45.5. The number of unbranched alkanes of at least 4 members (excludes halogenated alkanes) is 6. The van der Waals surface area contributed by atoms with Crippen molar-refractivity contribution in [2.45, 2.75) is 122 Å².